The summed E-state index contributed by atoms with van der Waals surface area (Å²) in [5, 5.41) is 84.4. The van der Waals surface area contributed by atoms with E-state index in [0.29, 0.717) is 0 Å². The Kier molecular flexibility index (Phi) is 8.20. The maximum atomic E-state index is 9.80. The van der Waals surface area contributed by atoms with E-state index in [-0.39, 0.29) is 0 Å². The van der Waals surface area contributed by atoms with Crippen LogP contribution in [0.25, 0.3) is 0 Å². The van der Waals surface area contributed by atoms with Gasteiger partial charge in [-0.1, -0.05) is 0 Å². The van der Waals surface area contributed by atoms with E-state index >= 15 is 0 Å². The molecule has 0 bridgehead atoms. The average Bonchev–Trinajstić information content (AvgIpc) is 2.55. The predicted octanol–water partition coefficient (Wildman–Crippen LogP) is -5.76. The van der Waals surface area contributed by atoms with Gasteiger partial charge in [-0.15, -0.1) is 0 Å². The molecule has 1 rings (SSSR count). The lowest BCUT2D eigenvalue weighted by Crippen LogP contribution is -2.60. The van der Waals surface area contributed by atoms with Crippen molar-refractivity contribution in [2.24, 2.45) is 0 Å². The number of hydrogen-bond donors (Lipinski definition) is 9. The third-order valence-electron chi connectivity index (χ3n) is 3.62. The van der Waals surface area contributed by atoms with Gasteiger partial charge in [0.15, 0.2) is 6.29 Å². The Morgan fingerprint density at radius 2 is 1.43 bits per heavy atom. The summed E-state index contributed by atoms with van der Waals surface area (Å²) in [6.45, 7) is -2.14. The number of rotatable bonds is 8. The van der Waals surface area contributed by atoms with Crippen molar-refractivity contribution in [3.63, 3.8) is 0 Å². The molecule has 11 nitrogen and oxygen atoms in total. The summed E-state index contributed by atoms with van der Waals surface area (Å²) in [7, 11) is 0. The van der Waals surface area contributed by atoms with Crippen LogP contribution in [0.1, 0.15) is 0 Å². The maximum Gasteiger partial charge on any atom is 0.184 e. The Labute approximate surface area is 131 Å². The van der Waals surface area contributed by atoms with E-state index < -0.39 is 74.9 Å². The zero-order chi connectivity index (χ0) is 17.7. The minimum absolute atomic E-state index is 0.652. The third kappa shape index (κ3) is 5.01. The molecule has 0 saturated carbocycles. The molecule has 1 fully saturated rings. The Hall–Kier alpha value is -0.440. The zero-order valence-electron chi connectivity index (χ0n) is 12.2. The molecule has 0 aromatic rings. The first-order chi connectivity index (χ1) is 10.7. The van der Waals surface area contributed by atoms with Crippen molar-refractivity contribution < 1.29 is 55.4 Å². The predicted molar refractivity (Wildman–Crippen MR) is 70.8 cm³/mol. The van der Waals surface area contributed by atoms with Gasteiger partial charge in [0.2, 0.25) is 0 Å². The van der Waals surface area contributed by atoms with E-state index in [9.17, 15) is 35.7 Å². The summed E-state index contributed by atoms with van der Waals surface area (Å²) >= 11 is 0. The minimum atomic E-state index is -1.86. The normalized spacial score (nSPS) is 37.2. The van der Waals surface area contributed by atoms with E-state index in [2.05, 4.69) is 0 Å². The van der Waals surface area contributed by atoms with Gasteiger partial charge in [-0.2, -0.15) is 0 Å². The monoisotopic (exact) mass is 344 g/mol. The van der Waals surface area contributed by atoms with Crippen LogP contribution in [0, 0.1) is 0 Å². The summed E-state index contributed by atoms with van der Waals surface area (Å²) in [5.41, 5.74) is 0. The fourth-order valence-electron chi connectivity index (χ4n) is 2.14. The lowest BCUT2D eigenvalue weighted by molar-refractivity contribution is -0.297. The first-order valence-corrected chi connectivity index (χ1v) is 6.99. The second-order valence-corrected chi connectivity index (χ2v) is 5.33. The van der Waals surface area contributed by atoms with E-state index in [1.165, 1.54) is 0 Å². The van der Waals surface area contributed by atoms with E-state index in [1.807, 2.05) is 0 Å². The van der Waals surface area contributed by atoms with Gasteiger partial charge in [-0.3, -0.25) is 0 Å². The molecular formula is C12H24O11. The van der Waals surface area contributed by atoms with Crippen molar-refractivity contribution in [1.29, 1.82) is 0 Å². The second kappa shape index (κ2) is 9.15. The summed E-state index contributed by atoms with van der Waals surface area (Å²) in [6.07, 6.45) is -14.7. The van der Waals surface area contributed by atoms with Crippen molar-refractivity contribution in [2.75, 3.05) is 19.8 Å². The molecule has 0 aliphatic carbocycles. The largest absolute Gasteiger partial charge is 0.394 e. The molecule has 0 spiro atoms. The number of hydrogen-bond acceptors (Lipinski definition) is 11. The van der Waals surface area contributed by atoms with Crippen molar-refractivity contribution >= 4 is 0 Å². The fraction of sp³-hybridized carbons (Fsp3) is 1.00. The van der Waals surface area contributed by atoms with Gasteiger partial charge in [0.05, 0.1) is 19.8 Å². The zero-order valence-corrected chi connectivity index (χ0v) is 12.2. The van der Waals surface area contributed by atoms with Gasteiger partial charge in [-0.05, 0) is 0 Å². The fourth-order valence-corrected chi connectivity index (χ4v) is 2.14. The first kappa shape index (κ1) is 20.6. The van der Waals surface area contributed by atoms with Gasteiger partial charge < -0.3 is 55.4 Å². The molecular weight excluding hydrogens is 320 g/mol. The maximum absolute atomic E-state index is 9.80. The van der Waals surface area contributed by atoms with Crippen molar-refractivity contribution in [3.05, 3.63) is 0 Å². The van der Waals surface area contributed by atoms with Crippen molar-refractivity contribution in [3.8, 4) is 0 Å². The molecule has 11 heteroatoms. The molecule has 23 heavy (non-hydrogen) atoms. The van der Waals surface area contributed by atoms with Gasteiger partial charge >= 0.3 is 0 Å². The van der Waals surface area contributed by atoms with Crippen LogP contribution in [0.5, 0.6) is 0 Å². The molecule has 0 aromatic heterocycles. The number of aliphatic hydroxyl groups excluding tert-OH is 9. The van der Waals surface area contributed by atoms with Gasteiger partial charge in [0.1, 0.15) is 48.8 Å². The van der Waals surface area contributed by atoms with E-state index in [1.54, 1.807) is 0 Å². The second-order valence-electron chi connectivity index (χ2n) is 5.33. The molecule has 9 atom stereocenters. The highest BCUT2D eigenvalue weighted by Gasteiger charge is 2.45. The van der Waals surface area contributed by atoms with E-state index in [0.717, 1.165) is 0 Å². The van der Waals surface area contributed by atoms with Crippen LogP contribution in [-0.4, -0.2) is 121 Å². The SMILES string of the molecule is OC[C@@H](O)[C@@H](O)[C@@H](O)[C@@H](O)CO[C@H]1[C@H](O)[C@H](O)[C@H](O)O[C@@H]1CO. The molecule has 1 saturated heterocycles. The number of ether oxygens (including phenoxy) is 2. The van der Waals surface area contributed by atoms with Crippen LogP contribution in [0.15, 0.2) is 0 Å². The molecule has 1 aliphatic heterocycles. The summed E-state index contributed by atoms with van der Waals surface area (Å²) < 4.78 is 9.92. The minimum Gasteiger partial charge on any atom is -0.394 e. The summed E-state index contributed by atoms with van der Waals surface area (Å²) in [5.74, 6) is 0. The van der Waals surface area contributed by atoms with Crippen LogP contribution in [0.4, 0.5) is 0 Å². The molecule has 1 heterocycles. The standard InChI is InChI=1S/C12H24O11/c13-1-4(15)7(17)8(18)5(16)3-22-11-6(2-14)23-12(21)10(20)9(11)19/h4-21H,1-3H2/t4-,5+,6-,7-,8+,9-,10+,11-,12-/m1/s1. The molecule has 1 aliphatic rings. The highest BCUT2D eigenvalue weighted by molar-refractivity contribution is 4.90. The van der Waals surface area contributed by atoms with Gasteiger partial charge in [-0.25, -0.2) is 0 Å². The highest BCUT2D eigenvalue weighted by Crippen LogP contribution is 2.22. The Morgan fingerprint density at radius 1 is 0.870 bits per heavy atom. The average molecular weight is 344 g/mol. The summed E-state index contributed by atoms with van der Waals surface area (Å²) in [6, 6.07) is 0. The van der Waals surface area contributed by atoms with Crippen LogP contribution in [0.2, 0.25) is 0 Å². The molecule has 0 unspecified atom stereocenters. The smallest absolute Gasteiger partial charge is 0.184 e. The molecule has 0 aromatic carbocycles. The lowest BCUT2D eigenvalue weighted by atomic mass is 9.98. The topological polar surface area (TPSA) is 201 Å². The summed E-state index contributed by atoms with van der Waals surface area (Å²) in [4.78, 5) is 0. The molecule has 0 amide bonds. The highest BCUT2D eigenvalue weighted by atomic mass is 16.7. The Balaban J connectivity index is 2.60. The number of aliphatic hydroxyl groups is 9. The van der Waals surface area contributed by atoms with Crippen molar-refractivity contribution in [1.82, 2.24) is 0 Å². The molecule has 9 N–H and O–H groups in total. The van der Waals surface area contributed by atoms with Crippen molar-refractivity contribution in [2.45, 2.75) is 55.1 Å². The van der Waals surface area contributed by atoms with E-state index in [4.69, 9.17) is 19.7 Å². The van der Waals surface area contributed by atoms with Crippen LogP contribution in [-0.2, 0) is 9.47 Å². The van der Waals surface area contributed by atoms with Crippen LogP contribution >= 0.6 is 0 Å². The van der Waals surface area contributed by atoms with Gasteiger partial charge in [0.25, 0.3) is 0 Å². The Morgan fingerprint density at radius 3 is 1.96 bits per heavy atom. The molecule has 138 valence electrons. The first-order valence-electron chi connectivity index (χ1n) is 6.99. The van der Waals surface area contributed by atoms with Crippen LogP contribution < -0.4 is 0 Å². The quantitative estimate of drug-likeness (QED) is 0.203. The van der Waals surface area contributed by atoms with Crippen LogP contribution in [0.3, 0.4) is 0 Å². The lowest BCUT2D eigenvalue weighted by Gasteiger charge is -2.40. The Bertz CT molecular complexity index is 341. The van der Waals surface area contributed by atoms with Gasteiger partial charge in [0, 0.05) is 0 Å². The third-order valence-corrected chi connectivity index (χ3v) is 3.62. The molecule has 0 radical (unpaired) electrons.